The van der Waals surface area contributed by atoms with Crippen LogP contribution in [0.25, 0.3) is 0 Å². The summed E-state index contributed by atoms with van der Waals surface area (Å²) in [5.74, 6) is 0. The van der Waals surface area contributed by atoms with Crippen LogP contribution in [0.2, 0.25) is 0 Å². The molecule has 2 heterocycles. The summed E-state index contributed by atoms with van der Waals surface area (Å²) in [6.07, 6.45) is 1.04. The van der Waals surface area contributed by atoms with Gasteiger partial charge in [-0.3, -0.25) is 4.90 Å². The van der Waals surface area contributed by atoms with Crippen molar-refractivity contribution in [3.63, 3.8) is 0 Å². The normalized spacial score (nSPS) is 32.4. The molecule has 5 heteroatoms. The van der Waals surface area contributed by atoms with Gasteiger partial charge in [-0.2, -0.15) is 8.78 Å². The van der Waals surface area contributed by atoms with Gasteiger partial charge in [-0.05, 0) is 25.8 Å². The lowest BCUT2D eigenvalue weighted by Crippen LogP contribution is -2.41. The first-order chi connectivity index (χ1) is 6.68. The summed E-state index contributed by atoms with van der Waals surface area (Å²) in [4.78, 5) is 2.13. The summed E-state index contributed by atoms with van der Waals surface area (Å²) in [6.45, 7) is 1.88. The molecule has 0 bridgehead atoms. The summed E-state index contributed by atoms with van der Waals surface area (Å²) in [5, 5.41) is 0. The van der Waals surface area contributed by atoms with Gasteiger partial charge in [0.15, 0.2) is 0 Å². The zero-order chi connectivity index (χ0) is 10.2. The number of halogens is 2. The van der Waals surface area contributed by atoms with Gasteiger partial charge in [-0.25, -0.2) is 0 Å². The van der Waals surface area contributed by atoms with Crippen LogP contribution in [0.4, 0.5) is 8.78 Å². The van der Waals surface area contributed by atoms with Crippen molar-refractivity contribution in [1.29, 1.82) is 0 Å². The molecule has 0 N–H and O–H groups in total. The largest absolute Gasteiger partial charge is 0.364 e. The van der Waals surface area contributed by atoms with E-state index in [1.54, 1.807) is 0 Å². The van der Waals surface area contributed by atoms with E-state index < -0.39 is 6.08 Å². The second-order valence-electron chi connectivity index (χ2n) is 4.10. The Bertz CT molecular complexity index is 268. The van der Waals surface area contributed by atoms with Crippen molar-refractivity contribution in [2.45, 2.75) is 24.8 Å². The Balaban J connectivity index is 2.19. The fourth-order valence-electron chi connectivity index (χ4n) is 2.62. The van der Waals surface area contributed by atoms with Gasteiger partial charge in [0.05, 0.1) is 6.61 Å². The van der Waals surface area contributed by atoms with Gasteiger partial charge < -0.3 is 4.52 Å². The average Bonchev–Trinajstić information content (AvgIpc) is 2.60. The van der Waals surface area contributed by atoms with E-state index in [2.05, 4.69) is 14.4 Å². The maximum absolute atomic E-state index is 12.5. The number of rotatable bonds is 2. The zero-order valence-electron chi connectivity index (χ0n) is 7.93. The van der Waals surface area contributed by atoms with E-state index in [1.165, 1.54) is 0 Å². The van der Waals surface area contributed by atoms with Crippen LogP contribution in [0.3, 0.4) is 0 Å². The molecular weight excluding hydrogens is 207 g/mol. The quantitative estimate of drug-likeness (QED) is 0.663. The lowest BCUT2D eigenvalue weighted by Gasteiger charge is -2.30. The first kappa shape index (κ1) is 10.5. The Morgan fingerprint density at radius 2 is 2.36 bits per heavy atom. The predicted octanol–water partition coefficient (Wildman–Crippen LogP) is 2.18. The fourth-order valence-corrected chi connectivity index (χ4v) is 2.93. The minimum absolute atomic E-state index is 0.138. The van der Waals surface area contributed by atoms with Gasteiger partial charge in [-0.15, -0.1) is 0 Å². The highest BCUT2D eigenvalue weighted by molar-refractivity contribution is 7.09. The van der Waals surface area contributed by atoms with Crippen LogP contribution in [0, 0.1) is 0 Å². The molecule has 0 spiro atoms. The van der Waals surface area contributed by atoms with E-state index in [9.17, 15) is 8.78 Å². The van der Waals surface area contributed by atoms with E-state index in [0.717, 1.165) is 19.4 Å². The van der Waals surface area contributed by atoms with Crippen molar-refractivity contribution >= 4 is 9.47 Å². The van der Waals surface area contributed by atoms with Gasteiger partial charge in [0.25, 0.3) is 6.08 Å². The molecule has 2 fully saturated rings. The molecule has 0 radical (unpaired) electrons. The van der Waals surface area contributed by atoms with Crippen LogP contribution in [0.15, 0.2) is 11.7 Å². The highest BCUT2D eigenvalue weighted by Gasteiger charge is 2.47. The topological polar surface area (TPSA) is 12.5 Å². The van der Waals surface area contributed by atoms with Crippen LogP contribution in [-0.4, -0.2) is 30.1 Å². The number of fused-ring (bicyclic) bond motifs is 1. The van der Waals surface area contributed by atoms with Crippen LogP contribution in [-0.2, 0) is 4.52 Å². The highest BCUT2D eigenvalue weighted by Crippen LogP contribution is 2.42. The van der Waals surface area contributed by atoms with Crippen LogP contribution >= 0.6 is 9.47 Å². The molecule has 14 heavy (non-hydrogen) atoms. The molecule has 0 saturated carbocycles. The number of hydrogen-bond donors (Lipinski definition) is 0. The monoisotopic (exact) mass is 221 g/mol. The molecule has 2 nitrogen and oxygen atoms in total. The molecule has 2 aliphatic rings. The summed E-state index contributed by atoms with van der Waals surface area (Å²) >= 11 is 0. The summed E-state index contributed by atoms with van der Waals surface area (Å²) in [5.41, 5.74) is 0.160. The van der Waals surface area contributed by atoms with E-state index in [1.807, 2.05) is 0 Å². The molecule has 80 valence electrons. The third kappa shape index (κ3) is 1.60. The molecule has 0 aromatic rings. The van der Waals surface area contributed by atoms with Crippen LogP contribution in [0.1, 0.15) is 19.3 Å². The van der Waals surface area contributed by atoms with Crippen molar-refractivity contribution in [1.82, 2.24) is 4.90 Å². The zero-order valence-corrected chi connectivity index (χ0v) is 9.09. The van der Waals surface area contributed by atoms with Gasteiger partial charge in [0.1, 0.15) is 0 Å². The van der Waals surface area contributed by atoms with Gasteiger partial charge in [0.2, 0.25) is 0 Å². The second kappa shape index (κ2) is 3.84. The van der Waals surface area contributed by atoms with Crippen LogP contribution in [0.5, 0.6) is 0 Å². The third-order valence-electron chi connectivity index (χ3n) is 3.28. The van der Waals surface area contributed by atoms with Crippen molar-refractivity contribution in [2.24, 2.45) is 0 Å². The fraction of sp³-hybridized carbons (Fsp3) is 0.778. The number of hydrogen-bond acceptors (Lipinski definition) is 2. The summed E-state index contributed by atoms with van der Waals surface area (Å²) < 4.78 is 30.0. The van der Waals surface area contributed by atoms with Gasteiger partial charge in [-0.1, -0.05) is 0 Å². The molecule has 0 aromatic carbocycles. The van der Waals surface area contributed by atoms with Crippen molar-refractivity contribution in [2.75, 3.05) is 19.7 Å². The van der Waals surface area contributed by atoms with E-state index in [-0.39, 0.29) is 5.54 Å². The maximum atomic E-state index is 12.5. The Labute approximate surface area is 84.6 Å². The Kier molecular flexibility index (Phi) is 2.87. The van der Waals surface area contributed by atoms with Crippen molar-refractivity contribution in [3.8, 4) is 0 Å². The summed E-state index contributed by atoms with van der Waals surface area (Å²) in [6, 6.07) is 0. The first-order valence-electron chi connectivity index (χ1n) is 4.78. The molecule has 0 aromatic heterocycles. The first-order valence-corrected chi connectivity index (χ1v) is 5.25. The molecule has 1 unspecified atom stereocenters. The molecule has 2 aliphatic heterocycles. The maximum Gasteiger partial charge on any atom is 0.270 e. The van der Waals surface area contributed by atoms with E-state index in [0.29, 0.717) is 25.1 Å². The predicted molar refractivity (Wildman–Crippen MR) is 53.1 cm³/mol. The minimum atomic E-state index is -1.50. The van der Waals surface area contributed by atoms with E-state index in [4.69, 9.17) is 4.52 Å². The van der Waals surface area contributed by atoms with Crippen molar-refractivity contribution < 1.29 is 13.3 Å². The smallest absolute Gasteiger partial charge is 0.270 e. The molecule has 0 amide bonds. The summed E-state index contributed by atoms with van der Waals surface area (Å²) in [7, 11) is 2.21. The van der Waals surface area contributed by atoms with Crippen molar-refractivity contribution in [3.05, 3.63) is 11.7 Å². The lowest BCUT2D eigenvalue weighted by molar-refractivity contribution is 0.126. The lowest BCUT2D eigenvalue weighted by atomic mass is 9.94. The van der Waals surface area contributed by atoms with E-state index >= 15 is 0 Å². The SMILES string of the molecule is FC(F)=C1CN2CCC[C@@]2(COP)C1. The molecule has 2 atom stereocenters. The van der Waals surface area contributed by atoms with Gasteiger partial charge >= 0.3 is 0 Å². The molecule has 0 aliphatic carbocycles. The molecular formula is C9H14F2NOP. The second-order valence-corrected chi connectivity index (χ2v) is 4.43. The van der Waals surface area contributed by atoms with Gasteiger partial charge in [0, 0.05) is 27.1 Å². The molecule has 2 saturated heterocycles. The van der Waals surface area contributed by atoms with Crippen LogP contribution < -0.4 is 0 Å². The standard InChI is InChI=1S/C9H14F2NOP/c10-8(11)7-4-9(6-13-14)2-1-3-12(9)5-7/h1-6,14H2/t9-/m0/s1. The average molecular weight is 221 g/mol. The third-order valence-corrected chi connectivity index (χ3v) is 3.45. The minimum Gasteiger partial charge on any atom is -0.364 e. The Morgan fingerprint density at radius 1 is 1.57 bits per heavy atom. The molecule has 2 rings (SSSR count). The Morgan fingerprint density at radius 3 is 3.00 bits per heavy atom. The Hall–Kier alpha value is -0.0500. The number of nitrogens with zero attached hydrogens (tertiary/aromatic N) is 1. The highest BCUT2D eigenvalue weighted by atomic mass is 31.0.